The molecule has 4 atom stereocenters. The molecule has 2 unspecified atom stereocenters. The van der Waals surface area contributed by atoms with E-state index in [0.29, 0.717) is 24.4 Å². The first kappa shape index (κ1) is 16.4. The molecule has 1 aromatic rings. The number of fused-ring (bicyclic) bond motifs is 1. The Bertz CT molecular complexity index is 522. The summed E-state index contributed by atoms with van der Waals surface area (Å²) in [5, 5.41) is 9.74. The molecule has 0 spiro atoms. The van der Waals surface area contributed by atoms with Crippen molar-refractivity contribution in [3.05, 3.63) is 30.1 Å². The molecule has 126 valence electrons. The SMILES string of the molecule is CN(CC(=O)N(C)C1C[C@H]2CC(O)C[C@H]2C1)Cc1ccncc1. The van der Waals surface area contributed by atoms with Gasteiger partial charge in [0.15, 0.2) is 0 Å². The van der Waals surface area contributed by atoms with Gasteiger partial charge in [-0.25, -0.2) is 0 Å². The van der Waals surface area contributed by atoms with E-state index in [1.165, 1.54) is 5.56 Å². The Balaban J connectivity index is 1.48. The number of aliphatic hydroxyl groups excluding tert-OH is 1. The summed E-state index contributed by atoms with van der Waals surface area (Å²) in [6, 6.07) is 4.31. The summed E-state index contributed by atoms with van der Waals surface area (Å²) in [5.74, 6) is 1.41. The fourth-order valence-electron chi connectivity index (χ4n) is 4.27. The summed E-state index contributed by atoms with van der Waals surface area (Å²) >= 11 is 0. The smallest absolute Gasteiger partial charge is 0.236 e. The molecule has 0 aromatic carbocycles. The Hall–Kier alpha value is -1.46. The van der Waals surface area contributed by atoms with Gasteiger partial charge in [0.25, 0.3) is 0 Å². The van der Waals surface area contributed by atoms with Crippen molar-refractivity contribution in [3.63, 3.8) is 0 Å². The molecule has 23 heavy (non-hydrogen) atoms. The van der Waals surface area contributed by atoms with Gasteiger partial charge in [-0.05, 0) is 62.3 Å². The van der Waals surface area contributed by atoms with Gasteiger partial charge in [0, 0.05) is 32.0 Å². The number of hydrogen-bond donors (Lipinski definition) is 1. The lowest BCUT2D eigenvalue weighted by Gasteiger charge is -2.28. The van der Waals surface area contributed by atoms with Crippen molar-refractivity contribution in [2.24, 2.45) is 11.8 Å². The fourth-order valence-corrected chi connectivity index (χ4v) is 4.27. The molecular formula is C18H27N3O2. The number of aliphatic hydroxyl groups is 1. The third-order valence-electron chi connectivity index (χ3n) is 5.51. The number of pyridine rings is 1. The highest BCUT2D eigenvalue weighted by Crippen LogP contribution is 2.45. The van der Waals surface area contributed by atoms with E-state index in [0.717, 1.165) is 32.2 Å². The zero-order chi connectivity index (χ0) is 16.4. The van der Waals surface area contributed by atoms with E-state index in [9.17, 15) is 9.90 Å². The molecule has 2 aliphatic carbocycles. The lowest BCUT2D eigenvalue weighted by molar-refractivity contribution is -0.133. The van der Waals surface area contributed by atoms with Gasteiger partial charge in [-0.2, -0.15) is 0 Å². The highest BCUT2D eigenvalue weighted by Gasteiger charge is 2.43. The van der Waals surface area contributed by atoms with Crippen LogP contribution >= 0.6 is 0 Å². The molecule has 5 nitrogen and oxygen atoms in total. The number of hydrogen-bond acceptors (Lipinski definition) is 4. The van der Waals surface area contributed by atoms with Crippen LogP contribution in [0.1, 0.15) is 31.2 Å². The van der Waals surface area contributed by atoms with Crippen LogP contribution in [0.25, 0.3) is 0 Å². The Morgan fingerprint density at radius 2 is 1.78 bits per heavy atom. The zero-order valence-electron chi connectivity index (χ0n) is 14.1. The van der Waals surface area contributed by atoms with Crippen molar-refractivity contribution in [3.8, 4) is 0 Å². The lowest BCUT2D eigenvalue weighted by Crippen LogP contribution is -2.41. The highest BCUT2D eigenvalue weighted by molar-refractivity contribution is 5.78. The first-order chi connectivity index (χ1) is 11.0. The Kier molecular flexibility index (Phi) is 4.97. The summed E-state index contributed by atoms with van der Waals surface area (Å²) in [7, 11) is 3.91. The normalized spacial score (nSPS) is 29.7. The summed E-state index contributed by atoms with van der Waals surface area (Å²) in [4.78, 5) is 20.5. The van der Waals surface area contributed by atoms with Gasteiger partial charge in [0.2, 0.25) is 5.91 Å². The Morgan fingerprint density at radius 3 is 2.39 bits per heavy atom. The third-order valence-corrected chi connectivity index (χ3v) is 5.51. The molecule has 2 fully saturated rings. The van der Waals surface area contributed by atoms with E-state index in [1.807, 2.05) is 36.0 Å². The quantitative estimate of drug-likeness (QED) is 0.894. The van der Waals surface area contributed by atoms with Gasteiger partial charge in [-0.1, -0.05) is 0 Å². The maximum absolute atomic E-state index is 12.5. The molecule has 0 radical (unpaired) electrons. The monoisotopic (exact) mass is 317 g/mol. The molecule has 2 aliphatic rings. The van der Waals surface area contributed by atoms with E-state index in [2.05, 4.69) is 4.98 Å². The highest BCUT2D eigenvalue weighted by atomic mass is 16.3. The first-order valence-electron chi connectivity index (χ1n) is 8.54. The molecule has 5 heteroatoms. The minimum atomic E-state index is -0.113. The predicted octanol–water partition coefficient (Wildman–Crippen LogP) is 1.52. The van der Waals surface area contributed by atoms with E-state index in [-0.39, 0.29) is 12.0 Å². The minimum absolute atomic E-state index is 0.113. The second-order valence-electron chi connectivity index (χ2n) is 7.30. The van der Waals surface area contributed by atoms with Crippen LogP contribution in [0.3, 0.4) is 0 Å². The standard InChI is InChI=1S/C18H27N3O2/c1-20(11-13-3-5-19-6-4-13)12-18(23)21(2)16-7-14-9-17(22)10-15(14)8-16/h3-6,14-17,22H,7-12H2,1-2H3/t14-,15+,16?,17?. The Morgan fingerprint density at radius 1 is 1.17 bits per heavy atom. The number of carbonyl (C=O) groups excluding carboxylic acids is 1. The van der Waals surface area contributed by atoms with Crippen LogP contribution in [0.4, 0.5) is 0 Å². The van der Waals surface area contributed by atoms with Gasteiger partial charge in [0.1, 0.15) is 0 Å². The number of nitrogens with zero attached hydrogens (tertiary/aromatic N) is 3. The number of rotatable bonds is 5. The minimum Gasteiger partial charge on any atom is -0.393 e. The lowest BCUT2D eigenvalue weighted by atomic mass is 10.0. The molecule has 0 saturated heterocycles. The topological polar surface area (TPSA) is 56.7 Å². The van der Waals surface area contributed by atoms with Gasteiger partial charge in [0.05, 0.1) is 12.6 Å². The average Bonchev–Trinajstić information content (AvgIpc) is 3.04. The summed E-state index contributed by atoms with van der Waals surface area (Å²) in [5.41, 5.74) is 1.17. The molecule has 1 N–H and O–H groups in total. The van der Waals surface area contributed by atoms with Crippen molar-refractivity contribution in [1.82, 2.24) is 14.8 Å². The van der Waals surface area contributed by atoms with E-state index >= 15 is 0 Å². The van der Waals surface area contributed by atoms with E-state index in [1.54, 1.807) is 12.4 Å². The number of amides is 1. The average molecular weight is 317 g/mol. The van der Waals surface area contributed by atoms with E-state index < -0.39 is 0 Å². The van der Waals surface area contributed by atoms with Crippen molar-refractivity contribution in [2.75, 3.05) is 20.6 Å². The number of carbonyl (C=O) groups is 1. The van der Waals surface area contributed by atoms with Crippen molar-refractivity contribution >= 4 is 5.91 Å². The first-order valence-corrected chi connectivity index (χ1v) is 8.54. The second kappa shape index (κ2) is 6.97. The van der Waals surface area contributed by atoms with Crippen molar-refractivity contribution in [1.29, 1.82) is 0 Å². The maximum Gasteiger partial charge on any atom is 0.236 e. The van der Waals surface area contributed by atoms with Crippen LogP contribution in [0.15, 0.2) is 24.5 Å². The molecule has 1 aromatic heterocycles. The molecule has 1 amide bonds. The number of likely N-dealkylation sites (N-methyl/N-ethyl adjacent to an activating group) is 2. The van der Waals surface area contributed by atoms with Crippen LogP contribution in [0.2, 0.25) is 0 Å². The largest absolute Gasteiger partial charge is 0.393 e. The van der Waals surface area contributed by atoms with Gasteiger partial charge < -0.3 is 10.0 Å². The van der Waals surface area contributed by atoms with Crippen LogP contribution in [0.5, 0.6) is 0 Å². The van der Waals surface area contributed by atoms with Gasteiger partial charge in [-0.15, -0.1) is 0 Å². The summed E-state index contributed by atoms with van der Waals surface area (Å²) < 4.78 is 0. The van der Waals surface area contributed by atoms with Crippen molar-refractivity contribution in [2.45, 2.75) is 44.4 Å². The van der Waals surface area contributed by atoms with Gasteiger partial charge in [-0.3, -0.25) is 14.7 Å². The molecule has 2 saturated carbocycles. The predicted molar refractivity (Wildman–Crippen MR) is 88.6 cm³/mol. The van der Waals surface area contributed by atoms with Crippen LogP contribution < -0.4 is 0 Å². The van der Waals surface area contributed by atoms with Crippen LogP contribution in [0, 0.1) is 11.8 Å². The summed E-state index contributed by atoms with van der Waals surface area (Å²) in [6.07, 6.45) is 7.40. The summed E-state index contributed by atoms with van der Waals surface area (Å²) in [6.45, 7) is 1.19. The Labute approximate surface area is 138 Å². The zero-order valence-corrected chi connectivity index (χ0v) is 14.1. The third kappa shape index (κ3) is 3.90. The molecule has 1 heterocycles. The molecular weight excluding hydrogens is 290 g/mol. The second-order valence-corrected chi connectivity index (χ2v) is 7.30. The van der Waals surface area contributed by atoms with Gasteiger partial charge >= 0.3 is 0 Å². The fraction of sp³-hybridized carbons (Fsp3) is 0.667. The maximum atomic E-state index is 12.5. The molecule has 3 rings (SSSR count). The number of aromatic nitrogens is 1. The van der Waals surface area contributed by atoms with Crippen LogP contribution in [-0.2, 0) is 11.3 Å². The molecule has 0 bridgehead atoms. The van der Waals surface area contributed by atoms with Crippen molar-refractivity contribution < 1.29 is 9.90 Å². The van der Waals surface area contributed by atoms with Crippen LogP contribution in [-0.4, -0.2) is 58.6 Å². The molecule has 0 aliphatic heterocycles. The van der Waals surface area contributed by atoms with E-state index in [4.69, 9.17) is 0 Å².